The number of benzene rings is 2. The van der Waals surface area contributed by atoms with Gasteiger partial charge in [0.15, 0.2) is 0 Å². The lowest BCUT2D eigenvalue weighted by Gasteiger charge is -2.19. The Hall–Kier alpha value is -5.13. The van der Waals surface area contributed by atoms with Crippen molar-refractivity contribution >= 4 is 49.9 Å². The molecule has 0 bridgehead atoms. The molecule has 0 spiro atoms. The number of pyridine rings is 1. The fourth-order valence-corrected chi connectivity index (χ4v) is 5.49. The van der Waals surface area contributed by atoms with Crippen LogP contribution in [-0.2, 0) is 17.7 Å². The molecule has 6 aromatic rings. The minimum Gasteiger partial charge on any atom is -0.492 e. The molecule has 0 saturated carbocycles. The summed E-state index contributed by atoms with van der Waals surface area (Å²) in [6, 6.07) is 7.04. The molecule has 0 unspecified atom stereocenters. The summed E-state index contributed by atoms with van der Waals surface area (Å²) in [5.74, 6) is -0.925. The molecule has 1 aliphatic heterocycles. The maximum absolute atomic E-state index is 15.5. The lowest BCUT2D eigenvalue weighted by Crippen LogP contribution is -2.33. The number of halogens is 2. The molecule has 212 valence electrons. The number of fused-ring (bicyclic) bond motifs is 8. The van der Waals surface area contributed by atoms with E-state index in [0.29, 0.717) is 38.5 Å². The highest BCUT2D eigenvalue weighted by Gasteiger charge is 2.29. The van der Waals surface area contributed by atoms with Crippen LogP contribution < -0.4 is 15.9 Å². The second-order valence-electron chi connectivity index (χ2n) is 11.1. The van der Waals surface area contributed by atoms with Crippen molar-refractivity contribution in [2.45, 2.75) is 39.3 Å². The Kier molecular flexibility index (Phi) is 5.49. The van der Waals surface area contributed by atoms with Crippen LogP contribution in [0.4, 0.5) is 13.6 Å². The van der Waals surface area contributed by atoms with Crippen molar-refractivity contribution in [2.75, 3.05) is 6.61 Å². The fourth-order valence-electron chi connectivity index (χ4n) is 5.49. The van der Waals surface area contributed by atoms with E-state index in [-0.39, 0.29) is 46.4 Å². The Morgan fingerprint density at radius 1 is 1.07 bits per heavy atom. The minimum absolute atomic E-state index is 0.00496. The van der Waals surface area contributed by atoms with Crippen LogP contribution in [0.15, 0.2) is 56.9 Å². The van der Waals surface area contributed by atoms with Crippen LogP contribution in [0.3, 0.4) is 0 Å². The van der Waals surface area contributed by atoms with E-state index in [0.717, 1.165) is 12.4 Å². The van der Waals surface area contributed by atoms with Crippen LogP contribution in [0.5, 0.6) is 5.75 Å². The van der Waals surface area contributed by atoms with Crippen molar-refractivity contribution in [1.82, 2.24) is 19.1 Å². The quantitative estimate of drug-likeness (QED) is 0.283. The smallest absolute Gasteiger partial charge is 0.422 e. The topological polar surface area (TPSA) is 118 Å². The number of hydrogen-bond donors (Lipinski definition) is 0. The number of ether oxygens (including phenoxy) is 2. The Bertz CT molecular complexity index is 2260. The molecule has 4 aromatic heterocycles. The summed E-state index contributed by atoms with van der Waals surface area (Å²) in [5, 5.41) is 1.39. The molecule has 0 N–H and O–H groups in total. The predicted octanol–water partition coefficient (Wildman–Crippen LogP) is 5.05. The molecule has 12 heteroatoms. The first-order valence-electron chi connectivity index (χ1n) is 13.1. The highest BCUT2D eigenvalue weighted by Crippen LogP contribution is 2.43. The summed E-state index contributed by atoms with van der Waals surface area (Å²) >= 11 is 0. The van der Waals surface area contributed by atoms with Crippen molar-refractivity contribution in [3.63, 3.8) is 0 Å². The average Bonchev–Trinajstić information content (AvgIpc) is 3.53. The van der Waals surface area contributed by atoms with E-state index in [1.54, 1.807) is 32.9 Å². The van der Waals surface area contributed by atoms with Gasteiger partial charge < -0.3 is 18.5 Å². The molecule has 2 aromatic carbocycles. The van der Waals surface area contributed by atoms with Gasteiger partial charge in [-0.3, -0.25) is 4.79 Å². The van der Waals surface area contributed by atoms with Gasteiger partial charge in [0, 0.05) is 40.6 Å². The summed E-state index contributed by atoms with van der Waals surface area (Å²) in [6.07, 6.45) is 1.90. The number of aromatic nitrogens is 4. The summed E-state index contributed by atoms with van der Waals surface area (Å²) in [7, 11) is 0. The van der Waals surface area contributed by atoms with Crippen molar-refractivity contribution in [2.24, 2.45) is 0 Å². The van der Waals surface area contributed by atoms with E-state index < -0.39 is 34.5 Å². The molecule has 0 radical (unpaired) electrons. The fraction of sp³-hybridized carbons (Fsp3) is 0.233. The van der Waals surface area contributed by atoms with Gasteiger partial charge in [-0.25, -0.2) is 32.9 Å². The Morgan fingerprint density at radius 3 is 2.67 bits per heavy atom. The van der Waals surface area contributed by atoms with E-state index in [9.17, 15) is 14.4 Å². The number of rotatable bonds is 2. The minimum atomic E-state index is -0.933. The van der Waals surface area contributed by atoms with Gasteiger partial charge in [0.05, 0.1) is 35.0 Å². The molecular formula is C30H22F2N4O6. The summed E-state index contributed by atoms with van der Waals surface area (Å²) in [6.45, 7) is 4.96. The third kappa shape index (κ3) is 3.85. The summed E-state index contributed by atoms with van der Waals surface area (Å²) in [5.41, 5.74) is -1.54. The Balaban J connectivity index is 1.49. The standard InChI is InChI=1S/C30H22F2N4O6/c1-30(2,3)42-29(39)36-13-34-20-10-18(31)14(9-17(20)27(36)37)12-35-21-11-19(32)15-6-8-40-25(15)23(21)22-16-5-4-7-33-26(16)41-28(38)24(22)35/h4-5,7,9-11,13H,6,8,12H2,1-3H3. The number of carbonyl (C=O) groups excluding carboxylic acids is 1. The maximum Gasteiger partial charge on any atom is 0.422 e. The molecule has 10 nitrogen and oxygen atoms in total. The highest BCUT2D eigenvalue weighted by molar-refractivity contribution is 6.21. The number of nitrogens with zero attached hydrogens (tertiary/aromatic N) is 4. The van der Waals surface area contributed by atoms with Gasteiger partial charge in [-0.15, -0.1) is 0 Å². The lowest BCUT2D eigenvalue weighted by molar-refractivity contribution is 0.0530. The maximum atomic E-state index is 15.5. The predicted molar refractivity (Wildman–Crippen MR) is 149 cm³/mol. The SMILES string of the molecule is CC(C)(C)OC(=O)n1cnc2cc(F)c(Cn3c4cc(F)c5c(c4c4c6cccnc6oc(=O)c43)OCC5)cc2c1=O. The number of hydrogen-bond acceptors (Lipinski definition) is 8. The van der Waals surface area contributed by atoms with Crippen LogP contribution in [0, 0.1) is 11.6 Å². The normalized spacial score (nSPS) is 13.3. The Labute approximate surface area is 234 Å². The van der Waals surface area contributed by atoms with E-state index in [1.807, 2.05) is 0 Å². The molecule has 0 atom stereocenters. The van der Waals surface area contributed by atoms with Crippen molar-refractivity contribution < 1.29 is 27.5 Å². The van der Waals surface area contributed by atoms with E-state index >= 15 is 8.78 Å². The lowest BCUT2D eigenvalue weighted by atomic mass is 10.1. The molecule has 0 amide bonds. The molecule has 0 fully saturated rings. The van der Waals surface area contributed by atoms with Crippen LogP contribution in [0.1, 0.15) is 31.9 Å². The van der Waals surface area contributed by atoms with Crippen molar-refractivity contribution in [3.05, 3.63) is 86.4 Å². The summed E-state index contributed by atoms with van der Waals surface area (Å²) < 4.78 is 49.6. The van der Waals surface area contributed by atoms with Crippen molar-refractivity contribution in [3.8, 4) is 5.75 Å². The number of carbonyl (C=O) groups is 1. The van der Waals surface area contributed by atoms with Gasteiger partial charge in [-0.2, -0.15) is 0 Å². The van der Waals surface area contributed by atoms with Gasteiger partial charge >= 0.3 is 11.7 Å². The Morgan fingerprint density at radius 2 is 1.88 bits per heavy atom. The molecule has 7 rings (SSSR count). The van der Waals surface area contributed by atoms with Gasteiger partial charge in [0.2, 0.25) is 5.71 Å². The van der Waals surface area contributed by atoms with E-state index in [2.05, 4.69) is 9.97 Å². The first-order chi connectivity index (χ1) is 20.0. The van der Waals surface area contributed by atoms with Gasteiger partial charge in [-0.05, 0) is 45.0 Å². The molecule has 0 aliphatic carbocycles. The summed E-state index contributed by atoms with van der Waals surface area (Å²) in [4.78, 5) is 47.5. The molecular weight excluding hydrogens is 550 g/mol. The third-order valence-electron chi connectivity index (χ3n) is 7.22. The van der Waals surface area contributed by atoms with E-state index in [1.165, 1.54) is 22.9 Å². The van der Waals surface area contributed by atoms with E-state index in [4.69, 9.17) is 13.9 Å². The molecule has 1 aliphatic rings. The molecule has 0 saturated heterocycles. The average molecular weight is 573 g/mol. The first kappa shape index (κ1) is 25.8. The second kappa shape index (κ2) is 8.93. The van der Waals surface area contributed by atoms with Gasteiger partial charge in [0.25, 0.3) is 5.56 Å². The van der Waals surface area contributed by atoms with Gasteiger partial charge in [0.1, 0.15) is 34.8 Å². The zero-order chi connectivity index (χ0) is 29.5. The van der Waals surface area contributed by atoms with Gasteiger partial charge in [-0.1, -0.05) is 0 Å². The zero-order valence-electron chi connectivity index (χ0n) is 22.7. The third-order valence-corrected chi connectivity index (χ3v) is 7.22. The monoisotopic (exact) mass is 572 g/mol. The highest BCUT2D eigenvalue weighted by atomic mass is 19.1. The van der Waals surface area contributed by atoms with Crippen LogP contribution >= 0.6 is 0 Å². The molecule has 5 heterocycles. The molecule has 42 heavy (non-hydrogen) atoms. The van der Waals surface area contributed by atoms with Crippen LogP contribution in [0.2, 0.25) is 0 Å². The first-order valence-corrected chi connectivity index (χ1v) is 13.1. The largest absolute Gasteiger partial charge is 0.492 e. The van der Waals surface area contributed by atoms with Crippen molar-refractivity contribution in [1.29, 1.82) is 0 Å². The van der Waals surface area contributed by atoms with Crippen LogP contribution in [0.25, 0.3) is 43.8 Å². The zero-order valence-corrected chi connectivity index (χ0v) is 22.7. The van der Waals surface area contributed by atoms with Crippen LogP contribution in [-0.4, -0.2) is 37.4 Å². The second-order valence-corrected chi connectivity index (χ2v) is 11.1.